The molecule has 1 aromatic carbocycles. The minimum atomic E-state index is -0.282. The second-order valence-corrected chi connectivity index (χ2v) is 6.15. The van der Waals surface area contributed by atoms with Crippen LogP contribution in [0.25, 0.3) is 0 Å². The molecule has 2 fully saturated rings. The first-order valence-electron chi connectivity index (χ1n) is 6.93. The van der Waals surface area contributed by atoms with Crippen LogP contribution in [-0.2, 0) is 9.47 Å². The highest BCUT2D eigenvalue weighted by Gasteiger charge is 2.39. The van der Waals surface area contributed by atoms with Crippen molar-refractivity contribution in [3.8, 4) is 6.07 Å². The lowest BCUT2D eigenvalue weighted by Crippen LogP contribution is -2.44. The number of ether oxygens (including phenoxy) is 2. The molecule has 2 saturated heterocycles. The van der Waals surface area contributed by atoms with Crippen LogP contribution in [0.4, 0.5) is 0 Å². The minimum absolute atomic E-state index is 0.282. The summed E-state index contributed by atoms with van der Waals surface area (Å²) in [5.74, 6) is 0.692. The fraction of sp³-hybridized carbons (Fsp3) is 0.533. The lowest BCUT2D eigenvalue weighted by molar-refractivity contribution is -0.183. The molecule has 2 aliphatic heterocycles. The van der Waals surface area contributed by atoms with Gasteiger partial charge in [-0.15, -0.1) is 11.8 Å². The standard InChI is InChI=1S/C15H18N2O2S/c16-11-13-1-3-14(4-2-13)20-12-17-7-5-15(6-8-17)18-9-10-19-15/h1-4H,5-10,12H2. The van der Waals surface area contributed by atoms with E-state index in [2.05, 4.69) is 11.0 Å². The highest BCUT2D eigenvalue weighted by molar-refractivity contribution is 7.99. The number of thioether (sulfide) groups is 1. The van der Waals surface area contributed by atoms with Gasteiger partial charge in [-0.05, 0) is 24.3 Å². The molecule has 0 atom stereocenters. The lowest BCUT2D eigenvalue weighted by Gasteiger charge is -2.37. The average molecular weight is 290 g/mol. The number of benzene rings is 1. The van der Waals surface area contributed by atoms with Gasteiger partial charge in [-0.1, -0.05) is 0 Å². The van der Waals surface area contributed by atoms with Crippen molar-refractivity contribution in [2.24, 2.45) is 0 Å². The van der Waals surface area contributed by atoms with Crippen LogP contribution in [0.2, 0.25) is 0 Å². The maximum Gasteiger partial charge on any atom is 0.170 e. The number of piperidine rings is 1. The van der Waals surface area contributed by atoms with Crippen LogP contribution in [0.1, 0.15) is 18.4 Å². The summed E-state index contributed by atoms with van der Waals surface area (Å²) in [5.41, 5.74) is 0.713. The molecule has 0 aliphatic carbocycles. The van der Waals surface area contributed by atoms with Crippen molar-refractivity contribution in [3.05, 3.63) is 29.8 Å². The third-order valence-electron chi connectivity index (χ3n) is 3.83. The Hall–Kier alpha value is -1.06. The molecule has 0 N–H and O–H groups in total. The van der Waals surface area contributed by atoms with Gasteiger partial charge in [0.15, 0.2) is 5.79 Å². The topological polar surface area (TPSA) is 45.5 Å². The molecule has 1 aromatic rings. The Labute approximate surface area is 123 Å². The van der Waals surface area contributed by atoms with Crippen molar-refractivity contribution in [3.63, 3.8) is 0 Å². The number of rotatable bonds is 3. The van der Waals surface area contributed by atoms with Crippen LogP contribution in [0.15, 0.2) is 29.2 Å². The molecule has 20 heavy (non-hydrogen) atoms. The Morgan fingerprint density at radius 2 is 1.80 bits per heavy atom. The molecule has 106 valence electrons. The van der Waals surface area contributed by atoms with E-state index in [9.17, 15) is 0 Å². The quantitative estimate of drug-likeness (QED) is 0.800. The van der Waals surface area contributed by atoms with E-state index in [1.54, 1.807) is 0 Å². The summed E-state index contributed by atoms with van der Waals surface area (Å²) in [4.78, 5) is 3.64. The van der Waals surface area contributed by atoms with E-state index in [1.807, 2.05) is 36.0 Å². The Bertz CT molecular complexity index is 482. The summed E-state index contributed by atoms with van der Waals surface area (Å²) in [6, 6.07) is 9.90. The molecule has 5 heteroatoms. The van der Waals surface area contributed by atoms with Gasteiger partial charge in [0.2, 0.25) is 0 Å². The second-order valence-electron chi connectivity index (χ2n) is 5.14. The third kappa shape index (κ3) is 3.15. The first-order chi connectivity index (χ1) is 9.80. The van der Waals surface area contributed by atoms with Gasteiger partial charge in [-0.3, -0.25) is 4.90 Å². The summed E-state index contributed by atoms with van der Waals surface area (Å²) in [6.45, 7) is 3.51. The van der Waals surface area contributed by atoms with Crippen molar-refractivity contribution >= 4 is 11.8 Å². The molecular formula is C15H18N2O2S. The van der Waals surface area contributed by atoms with E-state index in [0.29, 0.717) is 5.56 Å². The molecule has 2 aliphatic rings. The molecule has 0 aromatic heterocycles. The lowest BCUT2D eigenvalue weighted by atomic mass is 10.0. The summed E-state index contributed by atoms with van der Waals surface area (Å²) in [5, 5.41) is 8.77. The van der Waals surface area contributed by atoms with E-state index in [-0.39, 0.29) is 5.79 Å². The number of nitriles is 1. The number of nitrogens with zero attached hydrogens (tertiary/aromatic N) is 2. The SMILES string of the molecule is N#Cc1ccc(SCN2CCC3(CC2)OCCO3)cc1. The summed E-state index contributed by atoms with van der Waals surface area (Å²) < 4.78 is 11.5. The third-order valence-corrected chi connectivity index (χ3v) is 4.93. The zero-order valence-electron chi connectivity index (χ0n) is 11.4. The van der Waals surface area contributed by atoms with Gasteiger partial charge in [0, 0.05) is 36.7 Å². The van der Waals surface area contributed by atoms with Gasteiger partial charge in [0.05, 0.1) is 24.8 Å². The predicted octanol–water partition coefficient (Wildman–Crippen LogP) is 2.45. The molecule has 2 heterocycles. The first kappa shape index (κ1) is 13.9. The van der Waals surface area contributed by atoms with E-state index in [1.165, 1.54) is 4.90 Å². The maximum atomic E-state index is 8.77. The highest BCUT2D eigenvalue weighted by Crippen LogP contribution is 2.32. The van der Waals surface area contributed by atoms with E-state index >= 15 is 0 Å². The molecule has 0 saturated carbocycles. The van der Waals surface area contributed by atoms with Crippen LogP contribution in [0.3, 0.4) is 0 Å². The van der Waals surface area contributed by atoms with Gasteiger partial charge in [0.25, 0.3) is 0 Å². The van der Waals surface area contributed by atoms with Crippen molar-refractivity contribution in [1.29, 1.82) is 5.26 Å². The Balaban J connectivity index is 1.46. The zero-order chi connectivity index (χ0) is 13.8. The summed E-state index contributed by atoms with van der Waals surface area (Å²) >= 11 is 1.81. The molecule has 0 unspecified atom stereocenters. The van der Waals surface area contributed by atoms with Crippen molar-refractivity contribution in [2.75, 3.05) is 32.2 Å². The molecule has 0 bridgehead atoms. The van der Waals surface area contributed by atoms with Gasteiger partial charge < -0.3 is 9.47 Å². The minimum Gasteiger partial charge on any atom is -0.347 e. The average Bonchev–Trinajstić information content (AvgIpc) is 2.96. The fourth-order valence-corrected chi connectivity index (χ4v) is 3.52. The number of hydrogen-bond acceptors (Lipinski definition) is 5. The van der Waals surface area contributed by atoms with Crippen LogP contribution in [0, 0.1) is 11.3 Å². The Kier molecular flexibility index (Phi) is 4.27. The van der Waals surface area contributed by atoms with Crippen molar-refractivity contribution < 1.29 is 9.47 Å². The molecule has 0 radical (unpaired) electrons. The fourth-order valence-electron chi connectivity index (χ4n) is 2.60. The van der Waals surface area contributed by atoms with E-state index in [4.69, 9.17) is 14.7 Å². The predicted molar refractivity (Wildman–Crippen MR) is 77.3 cm³/mol. The van der Waals surface area contributed by atoms with Gasteiger partial charge in [-0.25, -0.2) is 0 Å². The van der Waals surface area contributed by atoms with Crippen LogP contribution in [0.5, 0.6) is 0 Å². The van der Waals surface area contributed by atoms with Gasteiger partial charge in [0.1, 0.15) is 0 Å². The van der Waals surface area contributed by atoms with Crippen LogP contribution < -0.4 is 0 Å². The smallest absolute Gasteiger partial charge is 0.170 e. The molecule has 4 nitrogen and oxygen atoms in total. The summed E-state index contributed by atoms with van der Waals surface area (Å²) in [6.07, 6.45) is 1.92. The Morgan fingerprint density at radius 1 is 1.15 bits per heavy atom. The molecule has 3 rings (SSSR count). The zero-order valence-corrected chi connectivity index (χ0v) is 12.2. The van der Waals surface area contributed by atoms with Crippen molar-refractivity contribution in [1.82, 2.24) is 4.90 Å². The highest BCUT2D eigenvalue weighted by atomic mass is 32.2. The van der Waals surface area contributed by atoms with Gasteiger partial charge in [-0.2, -0.15) is 5.26 Å². The maximum absolute atomic E-state index is 8.77. The first-order valence-corrected chi connectivity index (χ1v) is 7.91. The van der Waals surface area contributed by atoms with Crippen molar-refractivity contribution in [2.45, 2.75) is 23.5 Å². The van der Waals surface area contributed by atoms with Gasteiger partial charge >= 0.3 is 0 Å². The summed E-state index contributed by atoms with van der Waals surface area (Å²) in [7, 11) is 0. The van der Waals surface area contributed by atoms with Crippen LogP contribution in [-0.4, -0.2) is 42.9 Å². The largest absolute Gasteiger partial charge is 0.347 e. The molecule has 0 amide bonds. The number of likely N-dealkylation sites (tertiary alicyclic amines) is 1. The Morgan fingerprint density at radius 3 is 2.40 bits per heavy atom. The van der Waals surface area contributed by atoms with E-state index in [0.717, 1.165) is 45.0 Å². The van der Waals surface area contributed by atoms with E-state index < -0.39 is 0 Å². The number of hydrogen-bond donors (Lipinski definition) is 0. The van der Waals surface area contributed by atoms with Crippen LogP contribution >= 0.6 is 11.8 Å². The monoisotopic (exact) mass is 290 g/mol. The molecular weight excluding hydrogens is 272 g/mol. The molecule has 1 spiro atoms. The normalized spacial score (nSPS) is 21.9. The second kappa shape index (κ2) is 6.15.